The first-order chi connectivity index (χ1) is 15.7. The number of halogens is 1. The van der Waals surface area contributed by atoms with E-state index in [2.05, 4.69) is 10.6 Å². The van der Waals surface area contributed by atoms with E-state index in [-0.39, 0.29) is 35.7 Å². The molecule has 33 heavy (non-hydrogen) atoms. The summed E-state index contributed by atoms with van der Waals surface area (Å²) in [6.45, 7) is 3.99. The third-order valence-electron chi connectivity index (χ3n) is 6.00. The number of rotatable bonds is 5. The summed E-state index contributed by atoms with van der Waals surface area (Å²) in [7, 11) is -3.79. The number of benzene rings is 2. The first-order valence-electron chi connectivity index (χ1n) is 10.9. The summed E-state index contributed by atoms with van der Waals surface area (Å²) in [5.74, 6) is -0.322. The van der Waals surface area contributed by atoms with Crippen molar-refractivity contribution in [1.29, 1.82) is 0 Å². The van der Waals surface area contributed by atoms with Crippen LogP contribution in [-0.4, -0.2) is 43.7 Å². The second-order valence-corrected chi connectivity index (χ2v) is 10.6. The Labute approximate surface area is 198 Å². The predicted molar refractivity (Wildman–Crippen MR) is 126 cm³/mol. The second kappa shape index (κ2) is 9.32. The highest BCUT2D eigenvalue weighted by molar-refractivity contribution is 7.89. The molecule has 1 fully saturated rings. The van der Waals surface area contributed by atoms with Crippen LogP contribution in [0, 0.1) is 12.8 Å². The number of carbonyl (C=O) groups excluding carboxylic acids is 2. The Morgan fingerprint density at radius 3 is 2.64 bits per heavy atom. The Bertz CT molecular complexity index is 1190. The molecule has 2 aromatic rings. The Morgan fingerprint density at radius 1 is 1.24 bits per heavy atom. The maximum atomic E-state index is 13.4. The first kappa shape index (κ1) is 23.5. The number of nitrogens with zero attached hydrogens (tertiary/aromatic N) is 1. The van der Waals surface area contributed by atoms with Gasteiger partial charge in [0.15, 0.2) is 6.10 Å². The number of hydrogen-bond donors (Lipinski definition) is 2. The normalized spacial score (nSPS) is 19.4. The molecule has 4 rings (SSSR count). The number of sulfonamides is 1. The van der Waals surface area contributed by atoms with E-state index < -0.39 is 16.1 Å². The van der Waals surface area contributed by atoms with Crippen molar-refractivity contribution in [3.63, 3.8) is 0 Å². The lowest BCUT2D eigenvalue weighted by Crippen LogP contribution is -2.41. The quantitative estimate of drug-likeness (QED) is 0.662. The number of nitrogens with one attached hydrogen (secondary N) is 2. The molecule has 10 heteroatoms. The van der Waals surface area contributed by atoms with Crippen molar-refractivity contribution in [2.75, 3.05) is 23.7 Å². The standard InChI is InChI=1S/C23H26ClN3O5S/c1-3-19-23(29)26-18-11-14(2)21(13-20(18)32-19)33(30,31)27-9-7-15(8-10-27)22(28)25-17-6-4-5-16(24)12-17/h4-6,11-13,15,19H,3,7-10H2,1-2H3,(H,25,28)(H,26,29)/t19-/m0/s1. The van der Waals surface area contributed by atoms with Crippen LogP contribution in [-0.2, 0) is 19.6 Å². The van der Waals surface area contributed by atoms with Crippen LogP contribution in [0.4, 0.5) is 11.4 Å². The smallest absolute Gasteiger partial charge is 0.265 e. The maximum Gasteiger partial charge on any atom is 0.265 e. The summed E-state index contributed by atoms with van der Waals surface area (Å²) in [5.41, 5.74) is 1.61. The topological polar surface area (TPSA) is 105 Å². The molecule has 1 atom stereocenters. The van der Waals surface area contributed by atoms with Gasteiger partial charge in [-0.05, 0) is 56.0 Å². The van der Waals surface area contributed by atoms with E-state index in [0.717, 1.165) is 0 Å². The molecule has 2 aromatic carbocycles. The van der Waals surface area contributed by atoms with Gasteiger partial charge in [0.2, 0.25) is 15.9 Å². The molecule has 2 heterocycles. The fourth-order valence-electron chi connectivity index (χ4n) is 4.14. The van der Waals surface area contributed by atoms with Gasteiger partial charge in [-0.3, -0.25) is 9.59 Å². The van der Waals surface area contributed by atoms with Crippen LogP contribution in [0.15, 0.2) is 41.3 Å². The van der Waals surface area contributed by atoms with Crippen LogP contribution in [0.5, 0.6) is 5.75 Å². The second-order valence-electron chi connectivity index (χ2n) is 8.30. The molecule has 0 unspecified atom stereocenters. The minimum absolute atomic E-state index is 0.144. The van der Waals surface area contributed by atoms with Gasteiger partial charge >= 0.3 is 0 Å². The zero-order valence-electron chi connectivity index (χ0n) is 18.4. The average molecular weight is 492 g/mol. The Kier molecular flexibility index (Phi) is 6.65. The molecule has 2 aliphatic heterocycles. The Hall–Kier alpha value is -2.62. The van der Waals surface area contributed by atoms with Crippen molar-refractivity contribution in [1.82, 2.24) is 4.31 Å². The molecule has 8 nitrogen and oxygen atoms in total. The molecule has 0 bridgehead atoms. The lowest BCUT2D eigenvalue weighted by Gasteiger charge is -2.32. The molecular weight excluding hydrogens is 466 g/mol. The number of aryl methyl sites for hydroxylation is 1. The summed E-state index contributed by atoms with van der Waals surface area (Å²) >= 11 is 5.97. The number of fused-ring (bicyclic) bond motifs is 1. The summed E-state index contributed by atoms with van der Waals surface area (Å²) in [6.07, 6.45) is 0.663. The molecule has 2 amide bonds. The molecule has 0 aromatic heterocycles. The van der Waals surface area contributed by atoms with E-state index in [9.17, 15) is 18.0 Å². The summed E-state index contributed by atoms with van der Waals surface area (Å²) < 4.78 is 33.9. The molecule has 0 saturated carbocycles. The lowest BCUT2D eigenvalue weighted by molar-refractivity contribution is -0.123. The molecule has 2 N–H and O–H groups in total. The number of amides is 2. The molecule has 0 radical (unpaired) electrons. The lowest BCUT2D eigenvalue weighted by atomic mass is 9.97. The molecule has 0 spiro atoms. The zero-order chi connectivity index (χ0) is 23.8. The van der Waals surface area contributed by atoms with Gasteiger partial charge in [0, 0.05) is 35.8 Å². The van der Waals surface area contributed by atoms with Gasteiger partial charge in [-0.1, -0.05) is 24.6 Å². The number of anilines is 2. The van der Waals surface area contributed by atoms with Crippen molar-refractivity contribution in [2.24, 2.45) is 5.92 Å². The number of ether oxygens (including phenoxy) is 1. The monoisotopic (exact) mass is 491 g/mol. The summed E-state index contributed by atoms with van der Waals surface area (Å²) in [5, 5.41) is 6.16. The van der Waals surface area contributed by atoms with Crippen LogP contribution in [0.2, 0.25) is 5.02 Å². The van der Waals surface area contributed by atoms with E-state index >= 15 is 0 Å². The third kappa shape index (κ3) is 4.85. The van der Waals surface area contributed by atoms with E-state index in [0.29, 0.717) is 47.0 Å². The minimum Gasteiger partial charge on any atom is -0.478 e. The van der Waals surface area contributed by atoms with Crippen molar-refractivity contribution < 1.29 is 22.7 Å². The van der Waals surface area contributed by atoms with Crippen LogP contribution in [0.1, 0.15) is 31.7 Å². The molecule has 2 aliphatic rings. The molecule has 176 valence electrons. The molecule has 1 saturated heterocycles. The highest BCUT2D eigenvalue weighted by Crippen LogP contribution is 2.36. The van der Waals surface area contributed by atoms with Crippen LogP contribution >= 0.6 is 11.6 Å². The van der Waals surface area contributed by atoms with Crippen molar-refractivity contribution in [2.45, 2.75) is 44.1 Å². The van der Waals surface area contributed by atoms with Crippen LogP contribution < -0.4 is 15.4 Å². The van der Waals surface area contributed by atoms with Gasteiger partial charge < -0.3 is 15.4 Å². The Morgan fingerprint density at radius 2 is 1.97 bits per heavy atom. The van der Waals surface area contributed by atoms with E-state index in [1.54, 1.807) is 37.3 Å². The summed E-state index contributed by atoms with van der Waals surface area (Å²) in [4.78, 5) is 24.8. The minimum atomic E-state index is -3.79. The van der Waals surface area contributed by atoms with E-state index in [1.807, 2.05) is 6.92 Å². The fraction of sp³-hybridized carbons (Fsp3) is 0.391. The highest BCUT2D eigenvalue weighted by Gasteiger charge is 2.35. The van der Waals surface area contributed by atoms with Gasteiger partial charge in [-0.2, -0.15) is 4.31 Å². The van der Waals surface area contributed by atoms with Crippen LogP contribution in [0.25, 0.3) is 0 Å². The van der Waals surface area contributed by atoms with Gasteiger partial charge in [0.1, 0.15) is 5.75 Å². The number of carbonyl (C=O) groups is 2. The van der Waals surface area contributed by atoms with Gasteiger partial charge in [0.05, 0.1) is 10.6 Å². The van der Waals surface area contributed by atoms with Crippen molar-refractivity contribution in [3.8, 4) is 5.75 Å². The first-order valence-corrected chi connectivity index (χ1v) is 12.7. The van der Waals surface area contributed by atoms with E-state index in [1.165, 1.54) is 10.4 Å². The van der Waals surface area contributed by atoms with Crippen LogP contribution in [0.3, 0.4) is 0 Å². The number of piperidine rings is 1. The van der Waals surface area contributed by atoms with Crippen molar-refractivity contribution >= 4 is 44.8 Å². The predicted octanol–water partition coefficient (Wildman–Crippen LogP) is 3.80. The summed E-state index contributed by atoms with van der Waals surface area (Å²) in [6, 6.07) is 10.0. The SMILES string of the molecule is CC[C@@H]1Oc2cc(S(=O)(=O)N3CCC(C(=O)Nc4cccc(Cl)c4)CC3)c(C)cc2NC1=O. The largest absolute Gasteiger partial charge is 0.478 e. The molecular formula is C23H26ClN3O5S. The van der Waals surface area contributed by atoms with Gasteiger partial charge in [0.25, 0.3) is 5.91 Å². The third-order valence-corrected chi connectivity index (χ3v) is 8.28. The molecule has 0 aliphatic carbocycles. The Balaban J connectivity index is 1.46. The fourth-order valence-corrected chi connectivity index (χ4v) is 6.02. The van der Waals surface area contributed by atoms with Gasteiger partial charge in [-0.25, -0.2) is 8.42 Å². The maximum absolute atomic E-state index is 13.4. The highest BCUT2D eigenvalue weighted by atomic mass is 35.5. The van der Waals surface area contributed by atoms with E-state index in [4.69, 9.17) is 16.3 Å². The van der Waals surface area contributed by atoms with Crippen molar-refractivity contribution in [3.05, 3.63) is 47.0 Å². The zero-order valence-corrected chi connectivity index (χ0v) is 20.0. The average Bonchev–Trinajstić information content (AvgIpc) is 2.78. The number of hydrogen-bond acceptors (Lipinski definition) is 5. The van der Waals surface area contributed by atoms with Gasteiger partial charge in [-0.15, -0.1) is 0 Å².